The maximum Gasteiger partial charge on any atom is 0.410 e. The van der Waals surface area contributed by atoms with Gasteiger partial charge in [0.05, 0.1) is 17.4 Å². The van der Waals surface area contributed by atoms with Gasteiger partial charge in [0, 0.05) is 19.5 Å². The molecule has 29 heavy (non-hydrogen) atoms. The number of likely N-dealkylation sites (tertiary alicyclic amines) is 1. The summed E-state index contributed by atoms with van der Waals surface area (Å²) in [5, 5.41) is 0.468. The highest BCUT2D eigenvalue weighted by Crippen LogP contribution is 2.27. The highest BCUT2D eigenvalue weighted by atomic mass is 79.9. The third-order valence-electron chi connectivity index (χ3n) is 4.50. The lowest BCUT2D eigenvalue weighted by Gasteiger charge is -2.33. The predicted octanol–water partition coefficient (Wildman–Crippen LogP) is 5.25. The number of hydrogen-bond donors (Lipinski definition) is 0. The number of halogens is 2. The molecule has 9 heteroatoms. The fourth-order valence-corrected chi connectivity index (χ4v) is 3.75. The van der Waals surface area contributed by atoms with Crippen LogP contribution in [0.15, 0.2) is 27.5 Å². The van der Waals surface area contributed by atoms with Crippen LogP contribution in [0, 0.1) is 5.92 Å². The molecule has 158 valence electrons. The van der Waals surface area contributed by atoms with E-state index in [0.717, 1.165) is 25.0 Å². The van der Waals surface area contributed by atoms with E-state index in [1.165, 1.54) is 0 Å². The van der Waals surface area contributed by atoms with Crippen LogP contribution in [-0.2, 0) is 17.8 Å². The molecule has 1 aliphatic rings. The molecule has 2 aromatic rings. The fraction of sp³-hybridized carbons (Fsp3) is 0.550. The zero-order chi connectivity index (χ0) is 21.0. The van der Waals surface area contributed by atoms with Gasteiger partial charge in [0.25, 0.3) is 0 Å². The summed E-state index contributed by atoms with van der Waals surface area (Å²) in [4.78, 5) is 22.3. The summed E-state index contributed by atoms with van der Waals surface area (Å²) in [5.41, 5.74) is -0.469. The van der Waals surface area contributed by atoms with E-state index < -0.39 is 5.60 Å². The molecule has 0 saturated carbocycles. The molecule has 3 rings (SSSR count). The van der Waals surface area contributed by atoms with Crippen molar-refractivity contribution in [3.8, 4) is 5.75 Å². The molecule has 7 nitrogen and oxygen atoms in total. The molecule has 1 aliphatic heterocycles. The van der Waals surface area contributed by atoms with Gasteiger partial charge in [-0.15, -0.1) is 0 Å². The topological polar surface area (TPSA) is 77.7 Å². The highest BCUT2D eigenvalue weighted by Gasteiger charge is 2.27. The summed E-state index contributed by atoms with van der Waals surface area (Å²) in [6, 6.07) is 1.67. The summed E-state index contributed by atoms with van der Waals surface area (Å²) in [6.07, 6.45) is 5.65. The van der Waals surface area contributed by atoms with Crippen molar-refractivity contribution in [2.75, 3.05) is 13.1 Å². The molecule has 0 unspecified atom stereocenters. The molecule has 1 amide bonds. The summed E-state index contributed by atoms with van der Waals surface area (Å²) < 4.78 is 17.5. The number of nitrogens with zero attached hydrogens (tertiary/aromatic N) is 3. The van der Waals surface area contributed by atoms with Crippen LogP contribution in [0.3, 0.4) is 0 Å². The molecule has 0 aliphatic carbocycles. The van der Waals surface area contributed by atoms with Crippen LogP contribution in [0.4, 0.5) is 4.79 Å². The number of rotatable bonds is 5. The average molecular weight is 487 g/mol. The minimum Gasteiger partial charge on any atom is -0.481 e. The fourth-order valence-electron chi connectivity index (χ4n) is 3.08. The third-order valence-corrected chi connectivity index (χ3v) is 5.22. The number of hydrogen-bond acceptors (Lipinski definition) is 6. The van der Waals surface area contributed by atoms with Gasteiger partial charge >= 0.3 is 6.09 Å². The Morgan fingerprint density at radius 3 is 2.69 bits per heavy atom. The van der Waals surface area contributed by atoms with Crippen LogP contribution in [0.2, 0.25) is 5.02 Å². The first-order chi connectivity index (χ1) is 13.7. The molecule has 2 aromatic heterocycles. The van der Waals surface area contributed by atoms with E-state index in [0.29, 0.717) is 40.3 Å². The largest absolute Gasteiger partial charge is 0.481 e. The quantitative estimate of drug-likeness (QED) is 0.537. The molecule has 0 bridgehead atoms. The zero-order valence-corrected chi connectivity index (χ0v) is 19.1. The van der Waals surface area contributed by atoms with Crippen molar-refractivity contribution in [1.82, 2.24) is 14.9 Å². The second kappa shape index (κ2) is 9.34. The smallest absolute Gasteiger partial charge is 0.410 e. The monoisotopic (exact) mass is 485 g/mol. The van der Waals surface area contributed by atoms with E-state index in [4.69, 9.17) is 25.5 Å². The van der Waals surface area contributed by atoms with Gasteiger partial charge in [-0.05, 0) is 61.5 Å². The maximum atomic E-state index is 12.2. The maximum absolute atomic E-state index is 12.2. The van der Waals surface area contributed by atoms with Gasteiger partial charge in [-0.25, -0.2) is 14.8 Å². The Bertz CT molecular complexity index is 844. The van der Waals surface area contributed by atoms with E-state index in [2.05, 4.69) is 25.9 Å². The second-order valence-electron chi connectivity index (χ2n) is 8.06. The van der Waals surface area contributed by atoms with Crippen molar-refractivity contribution in [2.45, 2.75) is 52.2 Å². The second-order valence-corrected chi connectivity index (χ2v) is 9.28. The molecule has 0 spiro atoms. The normalized spacial score (nSPS) is 15.4. The first-order valence-corrected chi connectivity index (χ1v) is 10.7. The molecule has 0 atom stereocenters. The Kier molecular flexibility index (Phi) is 7.05. The van der Waals surface area contributed by atoms with Crippen LogP contribution in [-0.4, -0.2) is 39.7 Å². The van der Waals surface area contributed by atoms with Crippen LogP contribution < -0.4 is 4.74 Å². The van der Waals surface area contributed by atoms with E-state index >= 15 is 0 Å². The van der Waals surface area contributed by atoms with E-state index in [-0.39, 0.29) is 12.7 Å². The predicted molar refractivity (Wildman–Crippen MR) is 112 cm³/mol. The number of amides is 1. The number of oxazole rings is 1. The van der Waals surface area contributed by atoms with Gasteiger partial charge in [-0.1, -0.05) is 11.6 Å². The number of carbonyl (C=O) groups is 1. The first kappa shape index (κ1) is 21.9. The van der Waals surface area contributed by atoms with Gasteiger partial charge in [-0.2, -0.15) is 0 Å². The van der Waals surface area contributed by atoms with Crippen molar-refractivity contribution in [1.29, 1.82) is 0 Å². The van der Waals surface area contributed by atoms with E-state index in [1.807, 2.05) is 20.8 Å². The summed E-state index contributed by atoms with van der Waals surface area (Å²) >= 11 is 9.37. The molecule has 0 N–H and O–H groups in total. The minimum atomic E-state index is -0.469. The lowest BCUT2D eigenvalue weighted by atomic mass is 9.93. The standard InChI is InChI=1S/C20H25BrClN3O4/c1-20(2,3)29-19(26)25-6-4-13(5-7-25)8-14-10-24-18(28-14)12-27-16-11-23-17(21)9-15(16)22/h9-11,13H,4-8,12H2,1-3H3. The van der Waals surface area contributed by atoms with Gasteiger partial charge < -0.3 is 18.8 Å². The van der Waals surface area contributed by atoms with Gasteiger partial charge in [0.15, 0.2) is 12.4 Å². The van der Waals surface area contributed by atoms with Gasteiger partial charge in [0.1, 0.15) is 16.0 Å². The number of pyridine rings is 1. The Morgan fingerprint density at radius 2 is 2.03 bits per heavy atom. The van der Waals surface area contributed by atoms with Gasteiger partial charge in [-0.3, -0.25) is 0 Å². The SMILES string of the molecule is CC(C)(C)OC(=O)N1CCC(Cc2cnc(COc3cnc(Br)cc3Cl)o2)CC1. The van der Waals surface area contributed by atoms with Crippen molar-refractivity contribution in [3.63, 3.8) is 0 Å². The van der Waals surface area contributed by atoms with Crippen LogP contribution in [0.5, 0.6) is 5.75 Å². The molecule has 1 fully saturated rings. The first-order valence-electron chi connectivity index (χ1n) is 9.55. The summed E-state index contributed by atoms with van der Waals surface area (Å²) in [6.45, 7) is 7.20. The third kappa shape index (κ3) is 6.60. The molecule has 0 aromatic carbocycles. The summed E-state index contributed by atoms with van der Waals surface area (Å²) in [7, 11) is 0. The zero-order valence-electron chi connectivity index (χ0n) is 16.8. The molecule has 3 heterocycles. The van der Waals surface area contributed by atoms with Crippen LogP contribution >= 0.6 is 27.5 Å². The number of piperidine rings is 1. The Labute approximate surface area is 183 Å². The van der Waals surface area contributed by atoms with E-state index in [9.17, 15) is 4.79 Å². The van der Waals surface area contributed by atoms with Gasteiger partial charge in [0.2, 0.25) is 5.89 Å². The van der Waals surface area contributed by atoms with Crippen molar-refractivity contribution < 1.29 is 18.7 Å². The lowest BCUT2D eigenvalue weighted by Crippen LogP contribution is -2.42. The number of aromatic nitrogens is 2. The van der Waals surface area contributed by atoms with E-state index in [1.54, 1.807) is 23.4 Å². The highest BCUT2D eigenvalue weighted by molar-refractivity contribution is 9.10. The number of carbonyl (C=O) groups excluding carboxylic acids is 1. The number of ether oxygens (including phenoxy) is 2. The Morgan fingerprint density at radius 1 is 1.31 bits per heavy atom. The Hall–Kier alpha value is -1.80. The molecular formula is C20H25BrClN3O4. The van der Waals surface area contributed by atoms with Crippen LogP contribution in [0.1, 0.15) is 45.3 Å². The van der Waals surface area contributed by atoms with Crippen LogP contribution in [0.25, 0.3) is 0 Å². The molecule has 0 radical (unpaired) electrons. The molecular weight excluding hydrogens is 462 g/mol. The Balaban J connectivity index is 1.45. The molecule has 1 saturated heterocycles. The van der Waals surface area contributed by atoms with Crippen molar-refractivity contribution in [3.05, 3.63) is 39.7 Å². The van der Waals surface area contributed by atoms with Crippen molar-refractivity contribution >= 4 is 33.6 Å². The average Bonchev–Trinajstić information content (AvgIpc) is 3.07. The summed E-state index contributed by atoms with van der Waals surface area (Å²) in [5.74, 6) is 2.23. The van der Waals surface area contributed by atoms with Crippen molar-refractivity contribution in [2.24, 2.45) is 5.92 Å². The lowest BCUT2D eigenvalue weighted by molar-refractivity contribution is 0.0183. The minimum absolute atomic E-state index is 0.181.